The molecule has 0 radical (unpaired) electrons. The van der Waals surface area contributed by atoms with Crippen molar-refractivity contribution in [1.29, 1.82) is 0 Å². The van der Waals surface area contributed by atoms with E-state index in [1.807, 2.05) is 19.1 Å². The highest BCUT2D eigenvalue weighted by Crippen LogP contribution is 2.42. The van der Waals surface area contributed by atoms with Crippen molar-refractivity contribution < 1.29 is 18.7 Å². The van der Waals surface area contributed by atoms with Crippen LogP contribution in [0, 0.1) is 5.82 Å². The number of hydrogen-bond acceptors (Lipinski definition) is 4. The zero-order valence-electron chi connectivity index (χ0n) is 19.0. The minimum absolute atomic E-state index is 0.0355. The Kier molecular flexibility index (Phi) is 6.17. The van der Waals surface area contributed by atoms with Gasteiger partial charge in [-0.3, -0.25) is 0 Å². The number of methoxy groups -OCH3 is 1. The molecule has 0 saturated carbocycles. The van der Waals surface area contributed by atoms with Crippen LogP contribution in [0.3, 0.4) is 0 Å². The van der Waals surface area contributed by atoms with Gasteiger partial charge in [0.2, 0.25) is 0 Å². The van der Waals surface area contributed by atoms with Gasteiger partial charge in [0.15, 0.2) is 0 Å². The van der Waals surface area contributed by atoms with Crippen molar-refractivity contribution >= 4 is 28.8 Å². The van der Waals surface area contributed by atoms with Gasteiger partial charge >= 0.3 is 5.97 Å². The first-order valence-corrected chi connectivity index (χ1v) is 11.0. The Morgan fingerprint density at radius 2 is 1.76 bits per heavy atom. The fourth-order valence-corrected chi connectivity index (χ4v) is 4.42. The molecule has 1 aliphatic rings. The van der Waals surface area contributed by atoms with Crippen LogP contribution in [0.25, 0.3) is 16.7 Å². The SMILES string of the molecule is COc1cc(F)ccc1-c1ccc2c(c1COC(=O)c1ccc(Cl)cc1)C(C)=CC(C)(C)N2. The van der Waals surface area contributed by atoms with E-state index in [4.69, 9.17) is 21.1 Å². The Hall–Kier alpha value is -3.31. The van der Waals surface area contributed by atoms with Crippen LogP contribution in [0.4, 0.5) is 10.1 Å². The van der Waals surface area contributed by atoms with Crippen molar-refractivity contribution in [2.24, 2.45) is 0 Å². The molecule has 3 aromatic carbocycles. The molecule has 0 unspecified atom stereocenters. The molecule has 4 nitrogen and oxygen atoms in total. The van der Waals surface area contributed by atoms with E-state index in [2.05, 4.69) is 25.2 Å². The number of benzene rings is 3. The summed E-state index contributed by atoms with van der Waals surface area (Å²) in [5, 5.41) is 4.07. The average Bonchev–Trinajstić information content (AvgIpc) is 2.76. The lowest BCUT2D eigenvalue weighted by Gasteiger charge is -2.33. The maximum absolute atomic E-state index is 13.9. The molecule has 0 bridgehead atoms. The van der Waals surface area contributed by atoms with E-state index < -0.39 is 5.97 Å². The number of anilines is 1. The molecule has 4 rings (SSSR count). The predicted octanol–water partition coefficient (Wildman–Crippen LogP) is 7.12. The van der Waals surface area contributed by atoms with Crippen LogP contribution < -0.4 is 10.1 Å². The van der Waals surface area contributed by atoms with Crippen LogP contribution in [0.2, 0.25) is 5.02 Å². The molecule has 0 amide bonds. The minimum atomic E-state index is -0.452. The summed E-state index contributed by atoms with van der Waals surface area (Å²) >= 11 is 5.93. The number of ether oxygens (including phenoxy) is 2. The lowest BCUT2D eigenvalue weighted by molar-refractivity contribution is 0.0473. The Balaban J connectivity index is 1.81. The number of hydrogen-bond donors (Lipinski definition) is 1. The van der Waals surface area contributed by atoms with Gasteiger partial charge in [0.1, 0.15) is 18.2 Å². The molecule has 0 saturated heterocycles. The predicted molar refractivity (Wildman–Crippen MR) is 130 cm³/mol. The van der Waals surface area contributed by atoms with Crippen molar-refractivity contribution in [2.45, 2.75) is 32.9 Å². The zero-order valence-corrected chi connectivity index (χ0v) is 19.7. The summed E-state index contributed by atoms with van der Waals surface area (Å²) in [4.78, 5) is 12.7. The highest BCUT2D eigenvalue weighted by Gasteiger charge is 2.27. The minimum Gasteiger partial charge on any atom is -0.496 e. The molecule has 3 aromatic rings. The molecule has 0 spiro atoms. The van der Waals surface area contributed by atoms with E-state index in [1.54, 1.807) is 30.3 Å². The number of esters is 1. The van der Waals surface area contributed by atoms with Gasteiger partial charge in [-0.25, -0.2) is 9.18 Å². The molecule has 0 fully saturated rings. The van der Waals surface area contributed by atoms with Gasteiger partial charge in [0.05, 0.1) is 18.2 Å². The van der Waals surface area contributed by atoms with Crippen LogP contribution >= 0.6 is 11.6 Å². The smallest absolute Gasteiger partial charge is 0.338 e. The van der Waals surface area contributed by atoms with Crippen LogP contribution in [-0.4, -0.2) is 18.6 Å². The van der Waals surface area contributed by atoms with Crippen molar-refractivity contribution in [3.8, 4) is 16.9 Å². The number of rotatable bonds is 5. The van der Waals surface area contributed by atoms with Crippen molar-refractivity contribution in [1.82, 2.24) is 0 Å². The van der Waals surface area contributed by atoms with Gasteiger partial charge in [0.25, 0.3) is 0 Å². The number of carbonyl (C=O) groups is 1. The van der Waals surface area contributed by atoms with Gasteiger partial charge in [-0.2, -0.15) is 0 Å². The number of nitrogens with one attached hydrogen (secondary N) is 1. The standard InChI is InChI=1S/C27H25ClFNO3/c1-16-14-27(2,3)30-23-12-11-20(21-10-9-19(29)13-24(21)32-4)22(25(16)23)15-33-26(31)17-5-7-18(28)8-6-17/h5-14,30H,15H2,1-4H3. The second-order valence-corrected chi connectivity index (χ2v) is 9.05. The van der Waals surface area contributed by atoms with Gasteiger partial charge in [-0.15, -0.1) is 0 Å². The van der Waals surface area contributed by atoms with Crippen LogP contribution in [-0.2, 0) is 11.3 Å². The monoisotopic (exact) mass is 465 g/mol. The Bertz CT molecular complexity index is 1250. The quantitative estimate of drug-likeness (QED) is 0.407. The van der Waals surface area contributed by atoms with E-state index in [0.29, 0.717) is 16.3 Å². The molecular formula is C27H25ClFNO3. The van der Waals surface area contributed by atoms with Gasteiger partial charge in [-0.1, -0.05) is 23.7 Å². The zero-order chi connectivity index (χ0) is 23.8. The fourth-order valence-electron chi connectivity index (χ4n) is 4.30. The van der Waals surface area contributed by atoms with Crippen LogP contribution in [0.1, 0.15) is 42.3 Å². The summed E-state index contributed by atoms with van der Waals surface area (Å²) in [7, 11) is 1.51. The summed E-state index contributed by atoms with van der Waals surface area (Å²) in [6, 6.07) is 14.9. The Labute approximate surface area is 198 Å². The molecule has 0 aliphatic carbocycles. The topological polar surface area (TPSA) is 47.6 Å². The van der Waals surface area contributed by atoms with Crippen molar-refractivity contribution in [2.75, 3.05) is 12.4 Å². The largest absolute Gasteiger partial charge is 0.496 e. The lowest BCUT2D eigenvalue weighted by atomic mass is 9.85. The first-order chi connectivity index (χ1) is 15.7. The first-order valence-electron chi connectivity index (χ1n) is 10.6. The molecule has 0 aromatic heterocycles. The summed E-state index contributed by atoms with van der Waals surface area (Å²) in [5.41, 5.74) is 5.51. The van der Waals surface area contributed by atoms with E-state index in [0.717, 1.165) is 33.5 Å². The third-order valence-electron chi connectivity index (χ3n) is 5.62. The van der Waals surface area contributed by atoms with E-state index in [9.17, 15) is 9.18 Å². The van der Waals surface area contributed by atoms with Gasteiger partial charge in [0, 0.05) is 33.5 Å². The van der Waals surface area contributed by atoms with Crippen LogP contribution in [0.5, 0.6) is 5.75 Å². The molecule has 1 heterocycles. The summed E-state index contributed by atoms with van der Waals surface area (Å²) < 4.78 is 25.0. The van der Waals surface area contributed by atoms with Crippen molar-refractivity contribution in [3.05, 3.63) is 88.2 Å². The summed E-state index contributed by atoms with van der Waals surface area (Å²) in [5.74, 6) is -0.429. The fraction of sp³-hybridized carbons (Fsp3) is 0.222. The van der Waals surface area contributed by atoms with Crippen LogP contribution in [0.15, 0.2) is 60.7 Å². The molecule has 170 valence electrons. The van der Waals surface area contributed by atoms with Gasteiger partial charge in [-0.05, 0) is 74.4 Å². The second kappa shape index (κ2) is 8.91. The highest BCUT2D eigenvalue weighted by molar-refractivity contribution is 6.30. The lowest BCUT2D eigenvalue weighted by Crippen LogP contribution is -2.32. The maximum Gasteiger partial charge on any atom is 0.338 e. The Morgan fingerprint density at radius 1 is 1.06 bits per heavy atom. The second-order valence-electron chi connectivity index (χ2n) is 8.62. The number of halogens is 2. The third-order valence-corrected chi connectivity index (χ3v) is 5.87. The number of allylic oxidation sites excluding steroid dienone is 1. The summed E-state index contributed by atoms with van der Waals surface area (Å²) in [6.07, 6.45) is 2.14. The highest BCUT2D eigenvalue weighted by atomic mass is 35.5. The number of fused-ring (bicyclic) bond motifs is 1. The molecule has 33 heavy (non-hydrogen) atoms. The summed E-state index contributed by atoms with van der Waals surface area (Å²) in [6.45, 7) is 6.26. The molecule has 6 heteroatoms. The average molecular weight is 466 g/mol. The molecule has 1 aliphatic heterocycles. The molecular weight excluding hydrogens is 441 g/mol. The third kappa shape index (κ3) is 4.74. The normalized spacial score (nSPS) is 14.1. The maximum atomic E-state index is 13.9. The Morgan fingerprint density at radius 3 is 2.45 bits per heavy atom. The van der Waals surface area contributed by atoms with E-state index in [1.165, 1.54) is 19.2 Å². The molecule has 1 N–H and O–H groups in total. The molecule has 0 atom stereocenters. The number of carbonyl (C=O) groups excluding carboxylic acids is 1. The van der Waals surface area contributed by atoms with Crippen molar-refractivity contribution in [3.63, 3.8) is 0 Å². The van der Waals surface area contributed by atoms with Gasteiger partial charge < -0.3 is 14.8 Å². The first kappa shape index (κ1) is 22.9. The van der Waals surface area contributed by atoms with E-state index in [-0.39, 0.29) is 18.0 Å². The van der Waals surface area contributed by atoms with E-state index >= 15 is 0 Å².